The van der Waals surface area contributed by atoms with Crippen LogP contribution in [0.4, 0.5) is 0 Å². The Hall–Kier alpha value is -0.840. The first-order valence-corrected chi connectivity index (χ1v) is 6.59. The summed E-state index contributed by atoms with van der Waals surface area (Å²) in [4.78, 5) is 17.9. The second kappa shape index (κ2) is 9.97. The minimum absolute atomic E-state index is 0. The maximum atomic E-state index is 12.1. The smallest absolute Gasteiger partial charge is 0.222 e. The van der Waals surface area contributed by atoms with Gasteiger partial charge in [0.25, 0.3) is 0 Å². The van der Waals surface area contributed by atoms with E-state index in [2.05, 4.69) is 10.3 Å². The normalized spacial score (nSPS) is 14.8. The average Bonchev–Trinajstić information content (AvgIpc) is 2.41. The number of amides is 1. The summed E-state index contributed by atoms with van der Waals surface area (Å²) in [6, 6.07) is 3.91. The summed E-state index contributed by atoms with van der Waals surface area (Å²) in [5.74, 6) is 0.803. The van der Waals surface area contributed by atoms with E-state index in [1.807, 2.05) is 24.1 Å². The second-order valence-corrected chi connectivity index (χ2v) is 5.00. The van der Waals surface area contributed by atoms with E-state index in [0.29, 0.717) is 18.9 Å². The predicted molar refractivity (Wildman–Crippen MR) is 85.4 cm³/mol. The molecule has 0 unspecified atom stereocenters. The Morgan fingerprint density at radius 1 is 1.30 bits per heavy atom. The van der Waals surface area contributed by atoms with Gasteiger partial charge in [-0.1, -0.05) is 0 Å². The number of pyridine rings is 1. The van der Waals surface area contributed by atoms with Crippen LogP contribution in [0.5, 0.6) is 0 Å². The van der Waals surface area contributed by atoms with Crippen LogP contribution in [-0.4, -0.2) is 35.9 Å². The van der Waals surface area contributed by atoms with Crippen molar-refractivity contribution in [3.05, 3.63) is 30.1 Å². The molecule has 4 nitrogen and oxygen atoms in total. The molecule has 0 atom stereocenters. The molecule has 20 heavy (non-hydrogen) atoms. The molecule has 1 N–H and O–H groups in total. The van der Waals surface area contributed by atoms with Crippen LogP contribution in [0.1, 0.15) is 24.8 Å². The zero-order valence-corrected chi connectivity index (χ0v) is 13.4. The Morgan fingerprint density at radius 2 is 1.90 bits per heavy atom. The summed E-state index contributed by atoms with van der Waals surface area (Å²) < 4.78 is 0. The van der Waals surface area contributed by atoms with Gasteiger partial charge in [-0.05, 0) is 49.5 Å². The average molecular weight is 320 g/mol. The zero-order valence-electron chi connectivity index (χ0n) is 11.7. The maximum absolute atomic E-state index is 12.1. The van der Waals surface area contributed by atoms with E-state index >= 15 is 0 Å². The first-order valence-electron chi connectivity index (χ1n) is 6.59. The SMILES string of the molecule is CN(Cc1ccncc1)C(=O)CC1CCNCC1.Cl.Cl. The Bertz CT molecular complexity index is 383. The number of aromatic nitrogens is 1. The molecule has 0 bridgehead atoms. The van der Waals surface area contributed by atoms with Crippen LogP contribution < -0.4 is 5.32 Å². The third-order valence-electron chi connectivity index (χ3n) is 3.52. The van der Waals surface area contributed by atoms with Gasteiger partial charge >= 0.3 is 0 Å². The lowest BCUT2D eigenvalue weighted by Crippen LogP contribution is -2.33. The molecule has 2 heterocycles. The van der Waals surface area contributed by atoms with E-state index in [0.717, 1.165) is 31.5 Å². The molecule has 6 heteroatoms. The predicted octanol–water partition coefficient (Wildman–Crippen LogP) is 2.27. The maximum Gasteiger partial charge on any atom is 0.222 e. The molecule has 0 aliphatic carbocycles. The molecule has 1 aromatic rings. The number of carbonyl (C=O) groups excluding carboxylic acids is 1. The van der Waals surface area contributed by atoms with Crippen LogP contribution in [0, 0.1) is 5.92 Å². The minimum atomic E-state index is 0. The Kier molecular flexibility index (Phi) is 9.55. The van der Waals surface area contributed by atoms with Gasteiger partial charge in [0.15, 0.2) is 0 Å². The van der Waals surface area contributed by atoms with E-state index in [-0.39, 0.29) is 30.7 Å². The standard InChI is InChI=1S/C14H21N3O.2ClH/c1-17(11-13-4-8-16-9-5-13)14(18)10-12-2-6-15-7-3-12;;/h4-5,8-9,12,15H,2-3,6-7,10-11H2,1H3;2*1H. The summed E-state index contributed by atoms with van der Waals surface area (Å²) in [5, 5.41) is 3.33. The van der Waals surface area contributed by atoms with Crippen LogP contribution in [-0.2, 0) is 11.3 Å². The highest BCUT2D eigenvalue weighted by Crippen LogP contribution is 2.17. The number of piperidine rings is 1. The van der Waals surface area contributed by atoms with Crippen molar-refractivity contribution in [2.24, 2.45) is 5.92 Å². The van der Waals surface area contributed by atoms with Gasteiger partial charge in [0.2, 0.25) is 5.91 Å². The van der Waals surface area contributed by atoms with Crippen molar-refractivity contribution in [1.29, 1.82) is 0 Å². The quantitative estimate of drug-likeness (QED) is 0.926. The second-order valence-electron chi connectivity index (χ2n) is 5.00. The lowest BCUT2D eigenvalue weighted by Gasteiger charge is -2.25. The van der Waals surface area contributed by atoms with Gasteiger partial charge in [-0.2, -0.15) is 0 Å². The first-order chi connectivity index (χ1) is 8.75. The summed E-state index contributed by atoms with van der Waals surface area (Å²) in [7, 11) is 1.88. The number of hydrogen-bond donors (Lipinski definition) is 1. The monoisotopic (exact) mass is 319 g/mol. The molecule has 2 rings (SSSR count). The molecule has 0 saturated carbocycles. The number of halogens is 2. The molecule has 0 aromatic carbocycles. The summed E-state index contributed by atoms with van der Waals surface area (Å²) in [5.41, 5.74) is 1.13. The lowest BCUT2D eigenvalue weighted by atomic mass is 9.94. The molecule has 1 aliphatic heterocycles. The topological polar surface area (TPSA) is 45.2 Å². The van der Waals surface area contributed by atoms with Gasteiger partial charge < -0.3 is 10.2 Å². The Morgan fingerprint density at radius 3 is 2.50 bits per heavy atom. The molecule has 0 radical (unpaired) electrons. The lowest BCUT2D eigenvalue weighted by molar-refractivity contribution is -0.131. The van der Waals surface area contributed by atoms with Gasteiger partial charge in [0.05, 0.1) is 0 Å². The number of carbonyl (C=O) groups is 1. The fourth-order valence-corrected chi connectivity index (χ4v) is 2.34. The van der Waals surface area contributed by atoms with Gasteiger partial charge in [0, 0.05) is 32.4 Å². The highest BCUT2D eigenvalue weighted by molar-refractivity contribution is 5.85. The van der Waals surface area contributed by atoms with Crippen molar-refractivity contribution in [1.82, 2.24) is 15.2 Å². The summed E-state index contributed by atoms with van der Waals surface area (Å²) in [6.07, 6.45) is 6.45. The van der Waals surface area contributed by atoms with Crippen LogP contribution in [0.25, 0.3) is 0 Å². The van der Waals surface area contributed by atoms with Crippen molar-refractivity contribution in [3.63, 3.8) is 0 Å². The van der Waals surface area contributed by atoms with Gasteiger partial charge in [-0.15, -0.1) is 24.8 Å². The number of rotatable bonds is 4. The molecule has 1 saturated heterocycles. The molecule has 0 spiro atoms. The van der Waals surface area contributed by atoms with E-state index in [9.17, 15) is 4.79 Å². The molecule has 1 amide bonds. The fourth-order valence-electron chi connectivity index (χ4n) is 2.34. The molecular weight excluding hydrogens is 297 g/mol. The van der Waals surface area contributed by atoms with Crippen molar-refractivity contribution in [2.45, 2.75) is 25.8 Å². The van der Waals surface area contributed by atoms with E-state index < -0.39 is 0 Å². The number of nitrogens with zero attached hydrogens (tertiary/aromatic N) is 2. The minimum Gasteiger partial charge on any atom is -0.341 e. The van der Waals surface area contributed by atoms with Crippen LogP contribution in [0.3, 0.4) is 0 Å². The van der Waals surface area contributed by atoms with Crippen LogP contribution in [0.2, 0.25) is 0 Å². The van der Waals surface area contributed by atoms with Crippen molar-refractivity contribution in [2.75, 3.05) is 20.1 Å². The Balaban J connectivity index is 0.00000180. The van der Waals surface area contributed by atoms with Crippen molar-refractivity contribution in [3.8, 4) is 0 Å². The van der Waals surface area contributed by atoms with Crippen molar-refractivity contribution >= 4 is 30.7 Å². The molecule has 114 valence electrons. The number of nitrogens with one attached hydrogen (secondary N) is 1. The highest BCUT2D eigenvalue weighted by atomic mass is 35.5. The third-order valence-corrected chi connectivity index (χ3v) is 3.52. The van der Waals surface area contributed by atoms with E-state index in [4.69, 9.17) is 0 Å². The van der Waals surface area contributed by atoms with Gasteiger partial charge in [0.1, 0.15) is 0 Å². The van der Waals surface area contributed by atoms with Crippen molar-refractivity contribution < 1.29 is 4.79 Å². The Labute approximate surface area is 133 Å². The molecular formula is C14H23Cl2N3O. The number of hydrogen-bond acceptors (Lipinski definition) is 3. The van der Waals surface area contributed by atoms with E-state index in [1.165, 1.54) is 0 Å². The fraction of sp³-hybridized carbons (Fsp3) is 0.571. The largest absolute Gasteiger partial charge is 0.341 e. The summed E-state index contributed by atoms with van der Waals surface area (Å²) in [6.45, 7) is 2.77. The third kappa shape index (κ3) is 6.07. The first kappa shape index (κ1) is 19.2. The summed E-state index contributed by atoms with van der Waals surface area (Å²) >= 11 is 0. The molecule has 1 aliphatic rings. The van der Waals surface area contributed by atoms with Crippen LogP contribution in [0.15, 0.2) is 24.5 Å². The van der Waals surface area contributed by atoms with Gasteiger partial charge in [-0.3, -0.25) is 9.78 Å². The van der Waals surface area contributed by atoms with Gasteiger partial charge in [-0.25, -0.2) is 0 Å². The highest BCUT2D eigenvalue weighted by Gasteiger charge is 2.18. The van der Waals surface area contributed by atoms with E-state index in [1.54, 1.807) is 12.4 Å². The molecule has 1 aromatic heterocycles. The zero-order chi connectivity index (χ0) is 12.8. The molecule has 1 fully saturated rings. The van der Waals surface area contributed by atoms with Crippen LogP contribution >= 0.6 is 24.8 Å².